The molecule has 7 nitrogen and oxygen atoms in total. The van der Waals surface area contributed by atoms with Gasteiger partial charge in [0.1, 0.15) is 5.75 Å². The van der Waals surface area contributed by atoms with Gasteiger partial charge in [0.2, 0.25) is 5.91 Å². The second-order valence-electron chi connectivity index (χ2n) is 6.13. The van der Waals surface area contributed by atoms with E-state index >= 15 is 0 Å². The first-order valence-corrected chi connectivity index (χ1v) is 8.24. The van der Waals surface area contributed by atoms with Gasteiger partial charge in [-0.05, 0) is 24.5 Å². The topological polar surface area (TPSA) is 129 Å². The maximum Gasteiger partial charge on any atom is 0.255 e. The molecule has 1 aromatic carbocycles. The molecule has 0 aromatic heterocycles. The van der Waals surface area contributed by atoms with Gasteiger partial charge in [0.25, 0.3) is 5.91 Å². The molecule has 2 aliphatic rings. The van der Waals surface area contributed by atoms with Crippen LogP contribution in [0.25, 0.3) is 0 Å². The first kappa shape index (κ1) is 17.2. The minimum Gasteiger partial charge on any atom is -0.483 e. The van der Waals surface area contributed by atoms with Gasteiger partial charge in [0.15, 0.2) is 6.61 Å². The van der Waals surface area contributed by atoms with E-state index in [0.717, 1.165) is 29.5 Å². The lowest BCUT2D eigenvalue weighted by molar-refractivity contribution is -0.120. The summed E-state index contributed by atoms with van der Waals surface area (Å²) in [4.78, 5) is 23.2. The van der Waals surface area contributed by atoms with Crippen LogP contribution in [0.2, 0.25) is 0 Å². The number of nitrogens with one attached hydrogen (secondary N) is 2. The molecular weight excluding hydrogens is 320 g/mol. The average Bonchev–Trinajstić information content (AvgIpc) is 3.35. The number of nitrogens with two attached hydrogens (primary N) is 2. The number of benzene rings is 1. The fourth-order valence-corrected chi connectivity index (χ4v) is 2.73. The highest BCUT2D eigenvalue weighted by Crippen LogP contribution is 2.31. The lowest BCUT2D eigenvalue weighted by atomic mass is 10.0. The molecule has 0 saturated carbocycles. The monoisotopic (exact) mass is 342 g/mol. The Morgan fingerprint density at radius 3 is 2.80 bits per heavy atom. The molecule has 132 valence electrons. The summed E-state index contributed by atoms with van der Waals surface area (Å²) in [7, 11) is 0. The number of allylic oxidation sites excluding steroid dienone is 3. The van der Waals surface area contributed by atoms with Crippen LogP contribution in [0.4, 0.5) is 0 Å². The second-order valence-corrected chi connectivity index (χ2v) is 6.13. The van der Waals surface area contributed by atoms with Crippen LogP contribution < -0.4 is 26.8 Å². The fourth-order valence-electron chi connectivity index (χ4n) is 2.73. The van der Waals surface area contributed by atoms with E-state index in [0.29, 0.717) is 12.3 Å². The van der Waals surface area contributed by atoms with Crippen molar-refractivity contribution in [3.05, 3.63) is 53.1 Å². The lowest BCUT2D eigenvalue weighted by Crippen LogP contribution is -2.26. The molecule has 6 N–H and O–H groups in total. The average molecular weight is 342 g/mol. The predicted octanol–water partition coefficient (Wildman–Crippen LogP) is 0.372. The van der Waals surface area contributed by atoms with Gasteiger partial charge in [0, 0.05) is 17.7 Å². The van der Waals surface area contributed by atoms with Crippen LogP contribution in [0, 0.1) is 0 Å². The van der Waals surface area contributed by atoms with Crippen LogP contribution in [0.1, 0.15) is 30.0 Å². The Balaban J connectivity index is 1.70. The highest BCUT2D eigenvalue weighted by Gasteiger charge is 2.34. The van der Waals surface area contributed by atoms with E-state index < -0.39 is 5.91 Å². The van der Waals surface area contributed by atoms with Gasteiger partial charge in [-0.15, -0.1) is 0 Å². The summed E-state index contributed by atoms with van der Waals surface area (Å²) in [5.41, 5.74) is 13.5. The molecule has 0 radical (unpaired) electrons. The lowest BCUT2D eigenvalue weighted by Gasteiger charge is -2.14. The van der Waals surface area contributed by atoms with Crippen molar-refractivity contribution in [1.29, 1.82) is 0 Å². The Bertz CT molecular complexity index is 742. The maximum atomic E-state index is 12.2. The summed E-state index contributed by atoms with van der Waals surface area (Å²) in [6.07, 6.45) is 7.28. The van der Waals surface area contributed by atoms with Crippen molar-refractivity contribution >= 4 is 11.8 Å². The number of primary amides is 1. The number of hydrogen-bond acceptors (Lipinski definition) is 5. The smallest absolute Gasteiger partial charge is 0.255 e. The number of amides is 2. The molecule has 2 amide bonds. The van der Waals surface area contributed by atoms with Gasteiger partial charge >= 0.3 is 0 Å². The van der Waals surface area contributed by atoms with E-state index in [4.69, 9.17) is 16.2 Å². The minimum atomic E-state index is -0.555. The summed E-state index contributed by atoms with van der Waals surface area (Å²) in [5, 5.41) is 5.99. The van der Waals surface area contributed by atoms with Crippen molar-refractivity contribution in [2.45, 2.75) is 31.6 Å². The third-order valence-electron chi connectivity index (χ3n) is 4.19. The Hall–Kier alpha value is -2.64. The first-order chi connectivity index (χ1) is 12.0. The summed E-state index contributed by atoms with van der Waals surface area (Å²) < 4.78 is 5.51. The Morgan fingerprint density at radius 2 is 2.16 bits per heavy atom. The summed E-state index contributed by atoms with van der Waals surface area (Å²) in [5.74, 6) is -0.129. The van der Waals surface area contributed by atoms with E-state index in [1.165, 1.54) is 0 Å². The molecule has 25 heavy (non-hydrogen) atoms. The van der Waals surface area contributed by atoms with Crippen molar-refractivity contribution in [1.82, 2.24) is 10.6 Å². The summed E-state index contributed by atoms with van der Waals surface area (Å²) in [6.45, 7) is 0.0862. The van der Waals surface area contributed by atoms with Crippen LogP contribution in [-0.4, -0.2) is 24.6 Å². The summed E-state index contributed by atoms with van der Waals surface area (Å²) in [6, 6.07) is 5.72. The van der Waals surface area contributed by atoms with E-state index in [-0.39, 0.29) is 24.7 Å². The number of rotatable bonds is 7. The number of carbonyl (C=O) groups is 2. The minimum absolute atomic E-state index is 0.0687. The molecule has 3 rings (SSSR count). The van der Waals surface area contributed by atoms with Gasteiger partial charge in [-0.3, -0.25) is 14.9 Å². The van der Waals surface area contributed by atoms with E-state index in [9.17, 15) is 9.59 Å². The van der Waals surface area contributed by atoms with Crippen LogP contribution in [0.5, 0.6) is 5.75 Å². The highest BCUT2D eigenvalue weighted by molar-refractivity contribution is 5.93. The highest BCUT2D eigenvalue weighted by atomic mass is 16.5. The Morgan fingerprint density at radius 1 is 1.36 bits per heavy atom. The Labute approximate surface area is 146 Å². The number of carbonyl (C=O) groups excluding carboxylic acids is 2. The van der Waals surface area contributed by atoms with E-state index in [1.54, 1.807) is 0 Å². The summed E-state index contributed by atoms with van der Waals surface area (Å²) >= 11 is 0. The molecule has 7 heteroatoms. The SMILES string of the molecule is NC(=O)COc1cc(C2NC2N)ccc1CNC(=O)C1=CC=CCC1. The maximum absolute atomic E-state index is 12.2. The zero-order chi connectivity index (χ0) is 17.8. The van der Waals surface area contributed by atoms with Crippen LogP contribution in [0.3, 0.4) is 0 Å². The van der Waals surface area contributed by atoms with E-state index in [1.807, 2.05) is 36.4 Å². The van der Waals surface area contributed by atoms with Gasteiger partial charge in [-0.2, -0.15) is 0 Å². The quantitative estimate of drug-likeness (QED) is 0.532. The largest absolute Gasteiger partial charge is 0.483 e. The molecule has 1 aromatic rings. The zero-order valence-electron chi connectivity index (χ0n) is 13.8. The molecule has 1 heterocycles. The van der Waals surface area contributed by atoms with Crippen LogP contribution in [0.15, 0.2) is 42.0 Å². The molecule has 0 spiro atoms. The fraction of sp³-hybridized carbons (Fsp3) is 0.333. The van der Waals surface area contributed by atoms with Crippen LogP contribution in [-0.2, 0) is 16.1 Å². The number of ether oxygens (including phenoxy) is 1. The second kappa shape index (κ2) is 7.50. The number of hydrogen-bond donors (Lipinski definition) is 4. The molecule has 2 unspecified atom stereocenters. The molecule has 1 fully saturated rings. The molecule has 0 bridgehead atoms. The molecule has 1 saturated heterocycles. The molecule has 1 aliphatic carbocycles. The van der Waals surface area contributed by atoms with Gasteiger partial charge in [0.05, 0.1) is 12.2 Å². The third-order valence-corrected chi connectivity index (χ3v) is 4.19. The third kappa shape index (κ3) is 4.46. The predicted molar refractivity (Wildman–Crippen MR) is 93.3 cm³/mol. The van der Waals surface area contributed by atoms with Crippen molar-refractivity contribution in [2.75, 3.05) is 6.61 Å². The molecule has 1 aliphatic heterocycles. The van der Waals surface area contributed by atoms with Crippen LogP contribution >= 0.6 is 0 Å². The van der Waals surface area contributed by atoms with E-state index in [2.05, 4.69) is 10.6 Å². The Kier molecular flexibility index (Phi) is 5.16. The first-order valence-electron chi connectivity index (χ1n) is 8.24. The van der Waals surface area contributed by atoms with Crippen molar-refractivity contribution in [3.8, 4) is 5.75 Å². The standard InChI is InChI=1S/C18H22N4O3/c19-15(23)10-25-14-8-12(16-17(20)22-16)6-7-13(14)9-21-18(24)11-4-2-1-3-5-11/h1-2,4,6-8,16-17,22H,3,5,9-10,20H2,(H2,19,23)(H,21,24). The molecule has 2 atom stereocenters. The zero-order valence-corrected chi connectivity index (χ0v) is 13.8. The van der Waals surface area contributed by atoms with Crippen molar-refractivity contribution in [3.63, 3.8) is 0 Å². The van der Waals surface area contributed by atoms with Gasteiger partial charge < -0.3 is 21.5 Å². The van der Waals surface area contributed by atoms with Crippen molar-refractivity contribution in [2.24, 2.45) is 11.5 Å². The van der Waals surface area contributed by atoms with Crippen molar-refractivity contribution < 1.29 is 14.3 Å². The molecular formula is C18H22N4O3. The van der Waals surface area contributed by atoms with Gasteiger partial charge in [-0.25, -0.2) is 0 Å². The normalized spacial score (nSPS) is 21.4. The van der Waals surface area contributed by atoms with Gasteiger partial charge in [-0.1, -0.05) is 30.4 Å².